The molecule has 8 heteroatoms. The summed E-state index contributed by atoms with van der Waals surface area (Å²) in [7, 11) is 0. The fourth-order valence-corrected chi connectivity index (χ4v) is 1.51. The van der Waals surface area contributed by atoms with Crippen LogP contribution in [-0.2, 0) is 4.79 Å². The first-order valence-electron chi connectivity index (χ1n) is 4.77. The minimum Gasteiger partial charge on any atom is -0.333 e. The molecule has 0 saturated heterocycles. The third kappa shape index (κ3) is 2.32. The summed E-state index contributed by atoms with van der Waals surface area (Å²) < 4.78 is 1.12. The first kappa shape index (κ1) is 12.1. The molecular formula is C9H8Cl2N4O2. The van der Waals surface area contributed by atoms with E-state index in [4.69, 9.17) is 28.0 Å². The molecule has 0 N–H and O–H groups in total. The Balaban J connectivity index is 2.46. The molecule has 0 aliphatic rings. The number of halogens is 2. The van der Waals surface area contributed by atoms with Gasteiger partial charge in [-0.15, -0.1) is 4.73 Å². The summed E-state index contributed by atoms with van der Waals surface area (Å²) in [4.78, 5) is 28.1. The molecular weight excluding hydrogens is 267 g/mol. The molecule has 0 bridgehead atoms. The third-order valence-corrected chi connectivity index (χ3v) is 2.39. The molecule has 0 radical (unpaired) electrons. The maximum atomic E-state index is 11.4. The van der Waals surface area contributed by atoms with Gasteiger partial charge in [0.15, 0.2) is 5.15 Å². The van der Waals surface area contributed by atoms with Crippen LogP contribution in [0.1, 0.15) is 13.8 Å². The quantitative estimate of drug-likeness (QED) is 0.616. The van der Waals surface area contributed by atoms with Crippen LogP contribution in [0, 0.1) is 5.92 Å². The molecule has 0 aliphatic heterocycles. The Labute approximate surface area is 106 Å². The number of aromatic nitrogens is 4. The fourth-order valence-electron chi connectivity index (χ4n) is 1.09. The molecule has 0 fully saturated rings. The summed E-state index contributed by atoms with van der Waals surface area (Å²) in [6.07, 6.45) is 1.29. The van der Waals surface area contributed by atoms with Gasteiger partial charge in [0.2, 0.25) is 10.9 Å². The maximum absolute atomic E-state index is 11.4. The molecule has 2 aromatic rings. The van der Waals surface area contributed by atoms with Crippen LogP contribution < -0.4 is 4.84 Å². The zero-order chi connectivity index (χ0) is 12.6. The van der Waals surface area contributed by atoms with Crippen LogP contribution in [0.4, 0.5) is 0 Å². The van der Waals surface area contributed by atoms with Gasteiger partial charge in [-0.3, -0.25) is 0 Å². The molecule has 6 nitrogen and oxygen atoms in total. The number of carbonyl (C=O) groups is 1. The number of nitrogens with zero attached hydrogens (tertiary/aromatic N) is 4. The Bertz CT molecular complexity index is 582. The molecule has 2 heterocycles. The van der Waals surface area contributed by atoms with Gasteiger partial charge >= 0.3 is 5.97 Å². The van der Waals surface area contributed by atoms with Gasteiger partial charge in [0.1, 0.15) is 11.8 Å². The highest BCUT2D eigenvalue weighted by Gasteiger charge is 2.15. The van der Waals surface area contributed by atoms with Crippen molar-refractivity contribution >= 4 is 40.3 Å². The van der Waals surface area contributed by atoms with Gasteiger partial charge in [-0.2, -0.15) is 4.98 Å². The molecule has 0 unspecified atom stereocenters. The Morgan fingerprint density at radius 1 is 1.41 bits per heavy atom. The Morgan fingerprint density at radius 2 is 2.12 bits per heavy atom. The van der Waals surface area contributed by atoms with Gasteiger partial charge in [0.05, 0.1) is 5.92 Å². The maximum Gasteiger partial charge on any atom is 0.335 e. The summed E-state index contributed by atoms with van der Waals surface area (Å²) in [6, 6.07) is 0. The zero-order valence-electron chi connectivity index (χ0n) is 9.02. The van der Waals surface area contributed by atoms with Crippen molar-refractivity contribution < 1.29 is 9.63 Å². The summed E-state index contributed by atoms with van der Waals surface area (Å²) >= 11 is 11.5. The van der Waals surface area contributed by atoms with Crippen LogP contribution >= 0.6 is 23.2 Å². The second-order valence-electron chi connectivity index (χ2n) is 3.59. The van der Waals surface area contributed by atoms with Crippen molar-refractivity contribution in [2.45, 2.75) is 13.8 Å². The van der Waals surface area contributed by atoms with E-state index in [0.29, 0.717) is 5.52 Å². The largest absolute Gasteiger partial charge is 0.335 e. The minimum absolute atomic E-state index is 0.0372. The SMILES string of the molecule is CC(C)C(=O)On1cnc2c(Cl)nc(Cl)nc21. The first-order chi connectivity index (χ1) is 7.99. The van der Waals surface area contributed by atoms with Crippen LogP contribution in [-0.4, -0.2) is 25.7 Å². The molecule has 2 rings (SSSR count). The van der Waals surface area contributed by atoms with E-state index in [1.165, 1.54) is 6.33 Å². The Hall–Kier alpha value is -1.40. The number of imidazole rings is 1. The highest BCUT2D eigenvalue weighted by molar-refractivity contribution is 6.35. The zero-order valence-corrected chi connectivity index (χ0v) is 10.5. The van der Waals surface area contributed by atoms with Crippen LogP contribution in [0.25, 0.3) is 11.2 Å². The van der Waals surface area contributed by atoms with Crippen molar-refractivity contribution in [3.05, 3.63) is 16.8 Å². The van der Waals surface area contributed by atoms with Gasteiger partial charge in [0, 0.05) is 0 Å². The topological polar surface area (TPSA) is 69.9 Å². The molecule has 0 atom stereocenters. The number of hydrogen-bond acceptors (Lipinski definition) is 5. The van der Waals surface area contributed by atoms with Crippen molar-refractivity contribution in [1.29, 1.82) is 0 Å². The van der Waals surface area contributed by atoms with Gasteiger partial charge in [-0.1, -0.05) is 25.4 Å². The molecule has 0 saturated carbocycles. The normalized spacial score (nSPS) is 11.1. The molecule has 0 amide bonds. The van der Waals surface area contributed by atoms with Gasteiger partial charge < -0.3 is 4.84 Å². The van der Waals surface area contributed by atoms with Gasteiger partial charge in [-0.05, 0) is 11.6 Å². The second-order valence-corrected chi connectivity index (χ2v) is 4.29. The third-order valence-electron chi connectivity index (χ3n) is 1.96. The van der Waals surface area contributed by atoms with Crippen LogP contribution in [0.15, 0.2) is 6.33 Å². The highest BCUT2D eigenvalue weighted by atomic mass is 35.5. The fraction of sp³-hybridized carbons (Fsp3) is 0.333. The van der Waals surface area contributed by atoms with Crippen molar-refractivity contribution in [2.75, 3.05) is 0 Å². The van der Waals surface area contributed by atoms with Crippen molar-refractivity contribution in [1.82, 2.24) is 19.7 Å². The molecule has 17 heavy (non-hydrogen) atoms. The standard InChI is InChI=1S/C9H8Cl2N4O2/c1-4(2)8(16)17-15-3-12-5-6(10)13-9(11)14-7(5)15/h3-4H,1-2H3. The lowest BCUT2D eigenvalue weighted by molar-refractivity contribution is -0.147. The van der Waals surface area contributed by atoms with E-state index >= 15 is 0 Å². The second kappa shape index (κ2) is 4.46. The lowest BCUT2D eigenvalue weighted by Gasteiger charge is -2.06. The summed E-state index contributed by atoms with van der Waals surface area (Å²) in [6.45, 7) is 3.44. The van der Waals surface area contributed by atoms with Crippen molar-refractivity contribution in [3.63, 3.8) is 0 Å². The lowest BCUT2D eigenvalue weighted by Crippen LogP contribution is -2.23. The van der Waals surface area contributed by atoms with Crippen LogP contribution in [0.2, 0.25) is 10.4 Å². The predicted molar refractivity (Wildman–Crippen MR) is 61.8 cm³/mol. The van der Waals surface area contributed by atoms with E-state index in [1.54, 1.807) is 13.8 Å². The smallest absolute Gasteiger partial charge is 0.333 e. The molecule has 0 aromatic carbocycles. The summed E-state index contributed by atoms with van der Waals surface area (Å²) in [5.74, 6) is -0.671. The minimum atomic E-state index is -0.407. The summed E-state index contributed by atoms with van der Waals surface area (Å²) in [5, 5.41) is 0.0733. The Morgan fingerprint density at radius 3 is 2.76 bits per heavy atom. The molecule has 0 spiro atoms. The predicted octanol–water partition coefficient (Wildman–Crippen LogP) is 1.74. The van der Waals surface area contributed by atoms with E-state index in [9.17, 15) is 4.79 Å². The van der Waals surface area contributed by atoms with Crippen LogP contribution in [0.5, 0.6) is 0 Å². The van der Waals surface area contributed by atoms with E-state index in [1.807, 2.05) is 0 Å². The monoisotopic (exact) mass is 274 g/mol. The number of fused-ring (bicyclic) bond motifs is 1. The Kier molecular flexibility index (Phi) is 3.17. The van der Waals surface area contributed by atoms with Crippen molar-refractivity contribution in [2.24, 2.45) is 5.92 Å². The van der Waals surface area contributed by atoms with E-state index in [-0.39, 0.29) is 22.0 Å². The van der Waals surface area contributed by atoms with Gasteiger partial charge in [0.25, 0.3) is 0 Å². The molecule has 2 aromatic heterocycles. The van der Waals surface area contributed by atoms with Crippen LogP contribution in [0.3, 0.4) is 0 Å². The lowest BCUT2D eigenvalue weighted by atomic mass is 10.2. The van der Waals surface area contributed by atoms with E-state index in [0.717, 1.165) is 4.73 Å². The number of rotatable bonds is 2. The average Bonchev–Trinajstić information content (AvgIpc) is 2.61. The van der Waals surface area contributed by atoms with Crippen molar-refractivity contribution in [3.8, 4) is 0 Å². The molecule has 0 aliphatic carbocycles. The highest BCUT2D eigenvalue weighted by Crippen LogP contribution is 2.19. The first-order valence-corrected chi connectivity index (χ1v) is 5.53. The average molecular weight is 275 g/mol. The number of carbonyl (C=O) groups excluding carboxylic acids is 1. The molecule has 90 valence electrons. The van der Waals surface area contributed by atoms with E-state index < -0.39 is 5.97 Å². The summed E-state index contributed by atoms with van der Waals surface area (Å²) in [5.41, 5.74) is 0.580. The van der Waals surface area contributed by atoms with Gasteiger partial charge in [-0.25, -0.2) is 14.8 Å². The number of hydrogen-bond donors (Lipinski definition) is 0. The van der Waals surface area contributed by atoms with E-state index in [2.05, 4.69) is 15.0 Å².